The largest absolute Gasteiger partial charge is 0.349 e. The van der Waals surface area contributed by atoms with Crippen molar-refractivity contribution < 1.29 is 9.45 Å². The zero-order valence-electron chi connectivity index (χ0n) is 13.0. The van der Waals surface area contributed by atoms with Gasteiger partial charge in [0.25, 0.3) is 5.69 Å². The zero-order valence-corrected chi connectivity index (χ0v) is 13.0. The van der Waals surface area contributed by atoms with E-state index in [4.69, 9.17) is 4.52 Å². The lowest BCUT2D eigenvalue weighted by atomic mass is 10.2. The molecule has 124 valence electrons. The van der Waals surface area contributed by atoms with Gasteiger partial charge in [-0.05, 0) is 12.1 Å². The minimum atomic E-state index is -0.601. The first-order chi connectivity index (χ1) is 12.1. The van der Waals surface area contributed by atoms with Gasteiger partial charge in [-0.15, -0.1) is 0 Å². The smallest absolute Gasteiger partial charge is 0.289 e. The van der Waals surface area contributed by atoms with Crippen molar-refractivity contribution in [3.63, 3.8) is 0 Å². The van der Waals surface area contributed by atoms with Crippen molar-refractivity contribution in [2.75, 3.05) is 11.9 Å². The molecule has 3 aromatic heterocycles. The summed E-state index contributed by atoms with van der Waals surface area (Å²) in [5, 5.41) is 23.9. The maximum Gasteiger partial charge on any atom is 0.289 e. The van der Waals surface area contributed by atoms with Gasteiger partial charge in [-0.2, -0.15) is 10.2 Å². The van der Waals surface area contributed by atoms with Crippen LogP contribution in [0, 0.1) is 21.4 Å². The lowest BCUT2D eigenvalue weighted by Crippen LogP contribution is -2.19. The molecule has 0 unspecified atom stereocenters. The summed E-state index contributed by atoms with van der Waals surface area (Å²) in [6.45, 7) is 0.187. The van der Waals surface area contributed by atoms with E-state index in [1.54, 1.807) is 36.5 Å². The van der Waals surface area contributed by atoms with Crippen molar-refractivity contribution in [3.05, 3.63) is 58.4 Å². The third-order valence-corrected chi connectivity index (χ3v) is 3.31. The molecule has 0 bridgehead atoms. The average Bonchev–Trinajstić information content (AvgIpc) is 3.10. The SMILES string of the molecule is CN(Cc1nc(-c2cccnc2)no1)c1ncc([N+](=O)[O-])cc1C#N. The zero-order chi connectivity index (χ0) is 17.8. The Balaban J connectivity index is 1.81. The number of nitriles is 1. The van der Waals surface area contributed by atoms with Crippen molar-refractivity contribution in [2.45, 2.75) is 6.54 Å². The van der Waals surface area contributed by atoms with E-state index in [9.17, 15) is 15.4 Å². The minimum absolute atomic E-state index is 0.0868. The van der Waals surface area contributed by atoms with Gasteiger partial charge in [0, 0.05) is 31.1 Å². The second-order valence-electron chi connectivity index (χ2n) is 5.04. The number of rotatable bonds is 5. The Morgan fingerprint density at radius 2 is 2.28 bits per heavy atom. The standard InChI is InChI=1S/C15H11N7O3/c1-21(15-11(6-16)5-12(8-18-15)22(23)24)9-13-19-14(20-25-13)10-3-2-4-17-7-10/h2-5,7-8H,9H2,1H3. The monoisotopic (exact) mass is 337 g/mol. The van der Waals surface area contributed by atoms with E-state index >= 15 is 0 Å². The Morgan fingerprint density at radius 3 is 2.96 bits per heavy atom. The summed E-state index contributed by atoms with van der Waals surface area (Å²) in [5.74, 6) is 0.994. The molecule has 3 aromatic rings. The van der Waals surface area contributed by atoms with E-state index in [0.717, 1.165) is 6.20 Å². The fraction of sp³-hybridized carbons (Fsp3) is 0.133. The lowest BCUT2D eigenvalue weighted by Gasteiger charge is -2.16. The van der Waals surface area contributed by atoms with Gasteiger partial charge in [0.05, 0.1) is 11.5 Å². The second kappa shape index (κ2) is 6.71. The Labute approximate surface area is 141 Å². The highest BCUT2D eigenvalue weighted by atomic mass is 16.6. The number of aromatic nitrogens is 4. The molecule has 10 nitrogen and oxygen atoms in total. The summed E-state index contributed by atoms with van der Waals surface area (Å²) >= 11 is 0. The predicted octanol–water partition coefficient (Wildman–Crippen LogP) is 1.94. The molecule has 0 aromatic carbocycles. The van der Waals surface area contributed by atoms with Crippen LogP contribution in [0.1, 0.15) is 11.5 Å². The van der Waals surface area contributed by atoms with Crippen LogP contribution in [-0.2, 0) is 6.54 Å². The summed E-state index contributed by atoms with van der Waals surface area (Å²) in [6, 6.07) is 6.64. The van der Waals surface area contributed by atoms with E-state index in [1.807, 2.05) is 6.07 Å². The van der Waals surface area contributed by atoms with Gasteiger partial charge < -0.3 is 9.42 Å². The first-order valence-corrected chi connectivity index (χ1v) is 7.07. The summed E-state index contributed by atoms with van der Waals surface area (Å²) in [6.07, 6.45) is 4.35. The normalized spacial score (nSPS) is 10.2. The van der Waals surface area contributed by atoms with Gasteiger partial charge in [0.15, 0.2) is 0 Å². The molecule has 0 atom stereocenters. The molecule has 0 spiro atoms. The van der Waals surface area contributed by atoms with Gasteiger partial charge in [-0.3, -0.25) is 15.1 Å². The minimum Gasteiger partial charge on any atom is -0.349 e. The quantitative estimate of drug-likeness (QED) is 0.505. The summed E-state index contributed by atoms with van der Waals surface area (Å²) in [7, 11) is 1.67. The molecule has 0 saturated heterocycles. The number of hydrogen-bond acceptors (Lipinski definition) is 9. The van der Waals surface area contributed by atoms with E-state index in [1.165, 1.54) is 6.07 Å². The molecule has 3 heterocycles. The number of nitro groups is 1. The molecule has 0 fully saturated rings. The van der Waals surface area contributed by atoms with Gasteiger partial charge in [-0.1, -0.05) is 5.16 Å². The highest BCUT2D eigenvalue weighted by Gasteiger charge is 2.17. The molecule has 0 N–H and O–H groups in total. The van der Waals surface area contributed by atoms with Crippen LogP contribution in [0.2, 0.25) is 0 Å². The van der Waals surface area contributed by atoms with E-state index in [-0.39, 0.29) is 23.6 Å². The molecular formula is C15H11N7O3. The Kier molecular flexibility index (Phi) is 4.30. The first kappa shape index (κ1) is 16.0. The van der Waals surface area contributed by atoms with Crippen molar-refractivity contribution in [2.24, 2.45) is 0 Å². The Bertz CT molecular complexity index is 949. The Hall–Kier alpha value is -3.87. The molecule has 10 heteroatoms. The number of anilines is 1. The van der Waals surface area contributed by atoms with Crippen LogP contribution in [0.25, 0.3) is 11.4 Å². The maximum absolute atomic E-state index is 10.8. The van der Waals surface area contributed by atoms with Crippen molar-refractivity contribution >= 4 is 11.5 Å². The summed E-state index contributed by atoms with van der Waals surface area (Å²) in [4.78, 5) is 24.0. The van der Waals surface area contributed by atoms with Crippen molar-refractivity contribution in [1.29, 1.82) is 5.26 Å². The molecule has 0 saturated carbocycles. The van der Waals surface area contributed by atoms with Crippen LogP contribution >= 0.6 is 0 Å². The number of hydrogen-bond donors (Lipinski definition) is 0. The van der Waals surface area contributed by atoms with Crippen LogP contribution in [0.5, 0.6) is 0 Å². The lowest BCUT2D eigenvalue weighted by molar-refractivity contribution is -0.385. The molecule has 0 aliphatic rings. The molecule has 0 aliphatic heterocycles. The van der Waals surface area contributed by atoms with E-state index in [2.05, 4.69) is 20.1 Å². The highest BCUT2D eigenvalue weighted by Crippen LogP contribution is 2.22. The van der Waals surface area contributed by atoms with Crippen LogP contribution in [0.3, 0.4) is 0 Å². The van der Waals surface area contributed by atoms with E-state index in [0.29, 0.717) is 17.3 Å². The topological polar surface area (TPSA) is 135 Å². The average molecular weight is 337 g/mol. The predicted molar refractivity (Wildman–Crippen MR) is 85.2 cm³/mol. The van der Waals surface area contributed by atoms with Crippen LogP contribution in [0.15, 0.2) is 41.3 Å². The molecular weight excluding hydrogens is 326 g/mol. The number of pyridine rings is 2. The third-order valence-electron chi connectivity index (χ3n) is 3.31. The summed E-state index contributed by atoms with van der Waals surface area (Å²) in [5.41, 5.74) is 0.556. The second-order valence-corrected chi connectivity index (χ2v) is 5.04. The van der Waals surface area contributed by atoms with Crippen molar-refractivity contribution in [3.8, 4) is 17.5 Å². The van der Waals surface area contributed by atoms with Gasteiger partial charge >= 0.3 is 0 Å². The molecule has 0 aliphatic carbocycles. The molecule has 0 radical (unpaired) electrons. The van der Waals surface area contributed by atoms with Crippen LogP contribution in [-0.4, -0.2) is 32.1 Å². The highest BCUT2D eigenvalue weighted by molar-refractivity contribution is 5.57. The van der Waals surface area contributed by atoms with E-state index < -0.39 is 4.92 Å². The maximum atomic E-state index is 10.8. The molecule has 3 rings (SSSR count). The number of nitrogens with zero attached hydrogens (tertiary/aromatic N) is 7. The third kappa shape index (κ3) is 3.40. The van der Waals surface area contributed by atoms with Crippen LogP contribution in [0.4, 0.5) is 11.5 Å². The summed E-state index contributed by atoms with van der Waals surface area (Å²) < 4.78 is 5.20. The van der Waals surface area contributed by atoms with Crippen LogP contribution < -0.4 is 4.90 Å². The molecule has 25 heavy (non-hydrogen) atoms. The fourth-order valence-corrected chi connectivity index (χ4v) is 2.14. The van der Waals surface area contributed by atoms with Gasteiger partial charge in [-0.25, -0.2) is 4.98 Å². The van der Waals surface area contributed by atoms with Gasteiger partial charge in [0.1, 0.15) is 23.6 Å². The molecule has 0 amide bonds. The Morgan fingerprint density at radius 1 is 1.44 bits per heavy atom. The van der Waals surface area contributed by atoms with Gasteiger partial charge in [0.2, 0.25) is 11.7 Å². The first-order valence-electron chi connectivity index (χ1n) is 7.07. The van der Waals surface area contributed by atoms with Crippen molar-refractivity contribution in [1.82, 2.24) is 20.1 Å². The fourth-order valence-electron chi connectivity index (χ4n) is 2.14.